The van der Waals surface area contributed by atoms with E-state index in [1.807, 2.05) is 13.0 Å². The standard InChI is InChI=1S/C12H18N4O/c1-2-13-11-7-12(15-8-14-11)16-9-3-5-10(17)6-4-9/h7-9H,2-6H2,1H3,(H2,13,14,15,16). The van der Waals surface area contributed by atoms with Gasteiger partial charge in [-0.15, -0.1) is 0 Å². The molecule has 2 N–H and O–H groups in total. The molecule has 0 radical (unpaired) electrons. The van der Waals surface area contributed by atoms with Crippen molar-refractivity contribution in [2.75, 3.05) is 17.2 Å². The molecule has 1 aliphatic rings. The number of hydrogen-bond acceptors (Lipinski definition) is 5. The van der Waals surface area contributed by atoms with Crippen molar-refractivity contribution in [1.82, 2.24) is 9.97 Å². The number of hydrogen-bond donors (Lipinski definition) is 2. The molecule has 0 atom stereocenters. The lowest BCUT2D eigenvalue weighted by Gasteiger charge is -2.22. The van der Waals surface area contributed by atoms with Crippen LogP contribution in [0.15, 0.2) is 12.4 Å². The van der Waals surface area contributed by atoms with Crippen molar-refractivity contribution in [3.05, 3.63) is 12.4 Å². The monoisotopic (exact) mass is 234 g/mol. The third kappa shape index (κ3) is 3.41. The molecule has 1 saturated carbocycles. The predicted molar refractivity (Wildman–Crippen MR) is 67.1 cm³/mol. The van der Waals surface area contributed by atoms with Gasteiger partial charge in [-0.3, -0.25) is 4.79 Å². The molecule has 1 heterocycles. The van der Waals surface area contributed by atoms with Gasteiger partial charge < -0.3 is 10.6 Å². The number of nitrogens with zero attached hydrogens (tertiary/aromatic N) is 2. The van der Waals surface area contributed by atoms with E-state index in [0.29, 0.717) is 24.7 Å². The van der Waals surface area contributed by atoms with E-state index in [2.05, 4.69) is 20.6 Å². The second-order valence-corrected chi connectivity index (χ2v) is 4.28. The smallest absolute Gasteiger partial charge is 0.133 e. The highest BCUT2D eigenvalue weighted by atomic mass is 16.1. The zero-order valence-corrected chi connectivity index (χ0v) is 10.1. The molecule has 1 aromatic heterocycles. The Kier molecular flexibility index (Phi) is 3.90. The molecule has 5 nitrogen and oxygen atoms in total. The first kappa shape index (κ1) is 11.8. The van der Waals surface area contributed by atoms with Gasteiger partial charge in [0, 0.05) is 31.5 Å². The molecule has 0 bridgehead atoms. The van der Waals surface area contributed by atoms with Crippen LogP contribution >= 0.6 is 0 Å². The molecule has 92 valence electrons. The van der Waals surface area contributed by atoms with Crippen LogP contribution in [0.5, 0.6) is 0 Å². The van der Waals surface area contributed by atoms with Crippen LogP contribution in [-0.2, 0) is 4.79 Å². The number of anilines is 2. The van der Waals surface area contributed by atoms with Gasteiger partial charge in [0.15, 0.2) is 0 Å². The van der Waals surface area contributed by atoms with Gasteiger partial charge >= 0.3 is 0 Å². The summed E-state index contributed by atoms with van der Waals surface area (Å²) in [6.07, 6.45) is 4.72. The van der Waals surface area contributed by atoms with Gasteiger partial charge in [0.25, 0.3) is 0 Å². The highest BCUT2D eigenvalue weighted by Gasteiger charge is 2.18. The molecule has 1 aromatic rings. The Balaban J connectivity index is 1.93. The lowest BCUT2D eigenvalue weighted by atomic mass is 9.94. The molecular formula is C12H18N4O. The Morgan fingerprint density at radius 3 is 2.71 bits per heavy atom. The van der Waals surface area contributed by atoms with Gasteiger partial charge in [-0.1, -0.05) is 0 Å². The number of rotatable bonds is 4. The van der Waals surface area contributed by atoms with Crippen molar-refractivity contribution in [3.8, 4) is 0 Å². The van der Waals surface area contributed by atoms with E-state index in [1.54, 1.807) is 6.33 Å². The zero-order chi connectivity index (χ0) is 12.1. The Hall–Kier alpha value is -1.65. The molecule has 0 unspecified atom stereocenters. The van der Waals surface area contributed by atoms with Crippen molar-refractivity contribution >= 4 is 17.4 Å². The van der Waals surface area contributed by atoms with Crippen LogP contribution in [-0.4, -0.2) is 28.3 Å². The first-order valence-corrected chi connectivity index (χ1v) is 6.12. The maximum absolute atomic E-state index is 11.1. The fraction of sp³-hybridized carbons (Fsp3) is 0.583. The Bertz CT molecular complexity index is 384. The minimum absolute atomic E-state index is 0.358. The summed E-state index contributed by atoms with van der Waals surface area (Å²) in [5.41, 5.74) is 0. The molecule has 1 fully saturated rings. The quantitative estimate of drug-likeness (QED) is 0.832. The summed E-state index contributed by atoms with van der Waals surface area (Å²) in [6.45, 7) is 2.87. The molecule has 5 heteroatoms. The minimum Gasteiger partial charge on any atom is -0.370 e. The Labute approximate surface area is 101 Å². The van der Waals surface area contributed by atoms with Crippen molar-refractivity contribution in [3.63, 3.8) is 0 Å². The van der Waals surface area contributed by atoms with Gasteiger partial charge in [0.05, 0.1) is 0 Å². The maximum Gasteiger partial charge on any atom is 0.133 e. The highest BCUT2D eigenvalue weighted by Crippen LogP contribution is 2.19. The molecule has 0 aliphatic heterocycles. The summed E-state index contributed by atoms with van der Waals surface area (Å²) < 4.78 is 0. The molecule has 0 saturated heterocycles. The van der Waals surface area contributed by atoms with Gasteiger partial charge in [0.1, 0.15) is 23.7 Å². The van der Waals surface area contributed by atoms with Gasteiger partial charge in [-0.2, -0.15) is 0 Å². The predicted octanol–water partition coefficient (Wildman–Crippen LogP) is 1.83. The van der Waals surface area contributed by atoms with E-state index in [-0.39, 0.29) is 0 Å². The summed E-state index contributed by atoms with van der Waals surface area (Å²) in [5.74, 6) is 2.03. The fourth-order valence-electron chi connectivity index (χ4n) is 2.01. The largest absolute Gasteiger partial charge is 0.370 e. The van der Waals surface area contributed by atoms with E-state index in [9.17, 15) is 4.79 Å². The first-order valence-electron chi connectivity index (χ1n) is 6.12. The van der Waals surface area contributed by atoms with Crippen LogP contribution in [0.4, 0.5) is 11.6 Å². The number of aromatic nitrogens is 2. The number of ketones is 1. The summed E-state index contributed by atoms with van der Waals surface area (Å²) >= 11 is 0. The van der Waals surface area contributed by atoms with Gasteiger partial charge in [-0.05, 0) is 19.8 Å². The van der Waals surface area contributed by atoms with Crippen LogP contribution in [0.3, 0.4) is 0 Å². The number of carbonyl (C=O) groups is 1. The Morgan fingerprint density at radius 2 is 2.00 bits per heavy atom. The first-order chi connectivity index (χ1) is 8.28. The van der Waals surface area contributed by atoms with E-state index in [4.69, 9.17) is 0 Å². The van der Waals surface area contributed by atoms with E-state index >= 15 is 0 Å². The van der Waals surface area contributed by atoms with Crippen molar-refractivity contribution < 1.29 is 4.79 Å². The summed E-state index contributed by atoms with van der Waals surface area (Å²) in [7, 11) is 0. The second kappa shape index (κ2) is 5.61. The third-order valence-corrected chi connectivity index (χ3v) is 2.92. The normalized spacial score (nSPS) is 16.9. The Morgan fingerprint density at radius 1 is 1.29 bits per heavy atom. The second-order valence-electron chi connectivity index (χ2n) is 4.28. The molecule has 0 spiro atoms. The number of Topliss-reactive ketones (excluding diaryl/α,β-unsaturated/α-hetero) is 1. The average Bonchev–Trinajstić information content (AvgIpc) is 2.33. The fourth-order valence-corrected chi connectivity index (χ4v) is 2.01. The van der Waals surface area contributed by atoms with Crippen molar-refractivity contribution in [2.45, 2.75) is 38.6 Å². The van der Waals surface area contributed by atoms with E-state index in [1.165, 1.54) is 0 Å². The molecule has 17 heavy (non-hydrogen) atoms. The lowest BCUT2D eigenvalue weighted by molar-refractivity contribution is -0.120. The molecule has 0 amide bonds. The molecule has 1 aliphatic carbocycles. The summed E-state index contributed by atoms with van der Waals surface area (Å²) in [6, 6.07) is 2.26. The number of carbonyl (C=O) groups excluding carboxylic acids is 1. The zero-order valence-electron chi connectivity index (χ0n) is 10.1. The third-order valence-electron chi connectivity index (χ3n) is 2.92. The van der Waals surface area contributed by atoms with E-state index < -0.39 is 0 Å². The maximum atomic E-state index is 11.1. The van der Waals surface area contributed by atoms with Crippen LogP contribution < -0.4 is 10.6 Å². The van der Waals surface area contributed by atoms with Gasteiger partial charge in [0.2, 0.25) is 0 Å². The van der Waals surface area contributed by atoms with Crippen molar-refractivity contribution in [2.24, 2.45) is 0 Å². The van der Waals surface area contributed by atoms with Crippen LogP contribution in [0.25, 0.3) is 0 Å². The SMILES string of the molecule is CCNc1cc(NC2CCC(=O)CC2)ncn1. The molecule has 0 aromatic carbocycles. The summed E-state index contributed by atoms with van der Waals surface area (Å²) in [5, 5.41) is 6.50. The number of nitrogens with one attached hydrogen (secondary N) is 2. The van der Waals surface area contributed by atoms with Crippen LogP contribution in [0, 0.1) is 0 Å². The van der Waals surface area contributed by atoms with E-state index in [0.717, 1.165) is 31.0 Å². The van der Waals surface area contributed by atoms with Crippen molar-refractivity contribution in [1.29, 1.82) is 0 Å². The summed E-state index contributed by atoms with van der Waals surface area (Å²) in [4.78, 5) is 19.4. The molecular weight excluding hydrogens is 216 g/mol. The molecule has 2 rings (SSSR count). The highest BCUT2D eigenvalue weighted by molar-refractivity contribution is 5.79. The van der Waals surface area contributed by atoms with Crippen LogP contribution in [0.1, 0.15) is 32.6 Å². The minimum atomic E-state index is 0.358. The van der Waals surface area contributed by atoms with Crippen LogP contribution in [0.2, 0.25) is 0 Å². The lowest BCUT2D eigenvalue weighted by Crippen LogP contribution is -2.26. The van der Waals surface area contributed by atoms with Gasteiger partial charge in [-0.25, -0.2) is 9.97 Å². The average molecular weight is 234 g/mol. The topological polar surface area (TPSA) is 66.9 Å².